The number of amides is 1. The lowest BCUT2D eigenvalue weighted by Crippen LogP contribution is -2.33. The van der Waals surface area contributed by atoms with Gasteiger partial charge in [-0.05, 0) is 13.0 Å². The molecular formula is C11H14F2N2O. The van der Waals surface area contributed by atoms with Crippen molar-refractivity contribution in [3.05, 3.63) is 35.4 Å². The van der Waals surface area contributed by atoms with Gasteiger partial charge in [0.2, 0.25) is 5.91 Å². The van der Waals surface area contributed by atoms with Gasteiger partial charge in [-0.3, -0.25) is 4.79 Å². The highest BCUT2D eigenvalue weighted by Crippen LogP contribution is 2.10. The number of benzene rings is 1. The first-order chi connectivity index (χ1) is 7.65. The van der Waals surface area contributed by atoms with E-state index in [4.69, 9.17) is 0 Å². The zero-order valence-corrected chi connectivity index (χ0v) is 9.02. The van der Waals surface area contributed by atoms with Crippen molar-refractivity contribution in [2.45, 2.75) is 13.5 Å². The fourth-order valence-electron chi connectivity index (χ4n) is 1.26. The first-order valence-electron chi connectivity index (χ1n) is 5.05. The van der Waals surface area contributed by atoms with Crippen LogP contribution in [0.4, 0.5) is 8.78 Å². The fourth-order valence-corrected chi connectivity index (χ4v) is 1.26. The maximum absolute atomic E-state index is 13.2. The van der Waals surface area contributed by atoms with Crippen LogP contribution >= 0.6 is 0 Å². The van der Waals surface area contributed by atoms with Crippen LogP contribution in [0.25, 0.3) is 0 Å². The molecule has 2 N–H and O–H groups in total. The number of rotatable bonds is 5. The van der Waals surface area contributed by atoms with E-state index in [0.29, 0.717) is 6.54 Å². The lowest BCUT2D eigenvalue weighted by atomic mass is 10.2. The Kier molecular flexibility index (Phi) is 4.85. The van der Waals surface area contributed by atoms with Crippen LogP contribution in [0.1, 0.15) is 12.5 Å². The summed E-state index contributed by atoms with van der Waals surface area (Å²) in [7, 11) is 0. The van der Waals surface area contributed by atoms with Crippen LogP contribution in [0.2, 0.25) is 0 Å². The number of hydrogen-bond acceptors (Lipinski definition) is 2. The van der Waals surface area contributed by atoms with Crippen molar-refractivity contribution in [2.75, 3.05) is 13.1 Å². The highest BCUT2D eigenvalue weighted by molar-refractivity contribution is 5.77. The van der Waals surface area contributed by atoms with E-state index in [2.05, 4.69) is 10.6 Å². The minimum Gasteiger partial charge on any atom is -0.355 e. The monoisotopic (exact) mass is 228 g/mol. The Morgan fingerprint density at radius 1 is 1.38 bits per heavy atom. The molecule has 0 heterocycles. The quantitative estimate of drug-likeness (QED) is 0.794. The summed E-state index contributed by atoms with van der Waals surface area (Å²) in [6, 6.07) is 3.97. The van der Waals surface area contributed by atoms with Crippen LogP contribution in [0, 0.1) is 11.6 Å². The normalized spacial score (nSPS) is 10.2. The van der Waals surface area contributed by atoms with Gasteiger partial charge in [0.1, 0.15) is 0 Å². The third-order valence-corrected chi connectivity index (χ3v) is 2.01. The van der Waals surface area contributed by atoms with Crippen molar-refractivity contribution < 1.29 is 13.6 Å². The number of likely N-dealkylation sites (N-methyl/N-ethyl adjacent to an activating group) is 1. The Balaban J connectivity index is 2.43. The first-order valence-corrected chi connectivity index (χ1v) is 5.05. The van der Waals surface area contributed by atoms with Gasteiger partial charge in [0.25, 0.3) is 0 Å². The smallest absolute Gasteiger partial charge is 0.233 e. The molecule has 0 unspecified atom stereocenters. The van der Waals surface area contributed by atoms with Gasteiger partial charge in [0.15, 0.2) is 11.6 Å². The number of halogens is 2. The van der Waals surface area contributed by atoms with E-state index >= 15 is 0 Å². The van der Waals surface area contributed by atoms with Crippen molar-refractivity contribution in [2.24, 2.45) is 0 Å². The van der Waals surface area contributed by atoms with Crippen molar-refractivity contribution in [3.8, 4) is 0 Å². The first kappa shape index (κ1) is 12.6. The standard InChI is InChI=1S/C11H14F2N2O/c1-2-15-10(16)7-14-6-8-4-3-5-9(12)11(8)13/h3-5,14H,2,6-7H2,1H3,(H,15,16). The molecule has 1 amide bonds. The Morgan fingerprint density at radius 2 is 2.12 bits per heavy atom. The summed E-state index contributed by atoms with van der Waals surface area (Å²) in [6.45, 7) is 2.57. The van der Waals surface area contributed by atoms with E-state index in [1.807, 2.05) is 6.92 Å². The second-order valence-electron chi connectivity index (χ2n) is 3.27. The maximum Gasteiger partial charge on any atom is 0.233 e. The molecule has 1 rings (SSSR count). The minimum absolute atomic E-state index is 0.0871. The molecular weight excluding hydrogens is 214 g/mol. The molecule has 1 aromatic rings. The molecule has 0 aliphatic rings. The topological polar surface area (TPSA) is 41.1 Å². The highest BCUT2D eigenvalue weighted by atomic mass is 19.2. The van der Waals surface area contributed by atoms with E-state index in [-0.39, 0.29) is 24.6 Å². The minimum atomic E-state index is -0.877. The van der Waals surface area contributed by atoms with Crippen LogP contribution in [0.5, 0.6) is 0 Å². The van der Waals surface area contributed by atoms with Crippen molar-refractivity contribution in [1.82, 2.24) is 10.6 Å². The molecule has 0 aromatic heterocycles. The van der Waals surface area contributed by atoms with Crippen LogP contribution in [-0.4, -0.2) is 19.0 Å². The summed E-state index contributed by atoms with van der Waals surface area (Å²) in [5.74, 6) is -1.91. The molecule has 0 aliphatic heterocycles. The lowest BCUT2D eigenvalue weighted by molar-refractivity contribution is -0.120. The van der Waals surface area contributed by atoms with Crippen LogP contribution < -0.4 is 10.6 Å². The van der Waals surface area contributed by atoms with Crippen LogP contribution in [0.15, 0.2) is 18.2 Å². The number of hydrogen-bond donors (Lipinski definition) is 2. The predicted octanol–water partition coefficient (Wildman–Crippen LogP) is 1.19. The summed E-state index contributed by atoms with van der Waals surface area (Å²) in [5, 5.41) is 5.32. The van der Waals surface area contributed by atoms with Crippen LogP contribution in [-0.2, 0) is 11.3 Å². The Hall–Kier alpha value is -1.49. The second-order valence-corrected chi connectivity index (χ2v) is 3.27. The van der Waals surface area contributed by atoms with Gasteiger partial charge in [0.05, 0.1) is 6.54 Å². The van der Waals surface area contributed by atoms with Crippen molar-refractivity contribution in [1.29, 1.82) is 0 Å². The van der Waals surface area contributed by atoms with Crippen molar-refractivity contribution >= 4 is 5.91 Å². The van der Waals surface area contributed by atoms with E-state index in [1.165, 1.54) is 12.1 Å². The zero-order valence-electron chi connectivity index (χ0n) is 9.02. The third-order valence-electron chi connectivity index (χ3n) is 2.01. The number of carbonyl (C=O) groups is 1. The fraction of sp³-hybridized carbons (Fsp3) is 0.364. The van der Waals surface area contributed by atoms with Gasteiger partial charge >= 0.3 is 0 Å². The summed E-state index contributed by atoms with van der Waals surface area (Å²) < 4.78 is 26.0. The van der Waals surface area contributed by atoms with Gasteiger partial charge in [0, 0.05) is 18.7 Å². The molecule has 0 spiro atoms. The summed E-state index contributed by atoms with van der Waals surface area (Å²) in [6.07, 6.45) is 0. The summed E-state index contributed by atoms with van der Waals surface area (Å²) >= 11 is 0. The molecule has 3 nitrogen and oxygen atoms in total. The third kappa shape index (κ3) is 3.58. The number of nitrogens with one attached hydrogen (secondary N) is 2. The van der Waals surface area contributed by atoms with Crippen molar-refractivity contribution in [3.63, 3.8) is 0 Å². The zero-order chi connectivity index (χ0) is 12.0. The molecule has 16 heavy (non-hydrogen) atoms. The van der Waals surface area contributed by atoms with E-state index in [0.717, 1.165) is 6.07 Å². The largest absolute Gasteiger partial charge is 0.355 e. The van der Waals surface area contributed by atoms with Crippen LogP contribution in [0.3, 0.4) is 0 Å². The Labute approximate surface area is 92.8 Å². The Morgan fingerprint density at radius 3 is 2.81 bits per heavy atom. The van der Waals surface area contributed by atoms with E-state index in [9.17, 15) is 13.6 Å². The van der Waals surface area contributed by atoms with Gasteiger partial charge in [-0.25, -0.2) is 8.78 Å². The molecule has 0 atom stereocenters. The molecule has 0 radical (unpaired) electrons. The molecule has 0 fully saturated rings. The highest BCUT2D eigenvalue weighted by Gasteiger charge is 2.07. The molecule has 88 valence electrons. The molecule has 5 heteroatoms. The van der Waals surface area contributed by atoms with Gasteiger partial charge in [-0.15, -0.1) is 0 Å². The molecule has 0 bridgehead atoms. The molecule has 1 aromatic carbocycles. The molecule has 0 aliphatic carbocycles. The Bertz CT molecular complexity index is 369. The predicted molar refractivity (Wildman–Crippen MR) is 56.7 cm³/mol. The van der Waals surface area contributed by atoms with Gasteiger partial charge in [-0.2, -0.15) is 0 Å². The lowest BCUT2D eigenvalue weighted by Gasteiger charge is -2.06. The summed E-state index contributed by atoms with van der Waals surface area (Å²) in [4.78, 5) is 11.0. The van der Waals surface area contributed by atoms with E-state index in [1.54, 1.807) is 0 Å². The molecule has 0 saturated heterocycles. The SMILES string of the molecule is CCNC(=O)CNCc1cccc(F)c1F. The van der Waals surface area contributed by atoms with Gasteiger partial charge in [-0.1, -0.05) is 12.1 Å². The molecule has 0 saturated carbocycles. The van der Waals surface area contributed by atoms with E-state index < -0.39 is 11.6 Å². The average Bonchev–Trinajstić information content (AvgIpc) is 2.25. The maximum atomic E-state index is 13.2. The summed E-state index contributed by atoms with van der Waals surface area (Å²) in [5.41, 5.74) is 0.212. The second kappa shape index (κ2) is 6.17. The average molecular weight is 228 g/mol. The van der Waals surface area contributed by atoms with Gasteiger partial charge < -0.3 is 10.6 Å². The number of carbonyl (C=O) groups excluding carboxylic acids is 1.